The monoisotopic (exact) mass is 154 g/mol. The highest BCUT2D eigenvalue weighted by molar-refractivity contribution is 6.79. The van der Waals surface area contributed by atoms with Crippen LogP contribution in [0, 0.1) is 0 Å². The highest BCUT2D eigenvalue weighted by atomic mass is 28.3. The molecule has 58 valence electrons. The summed E-state index contributed by atoms with van der Waals surface area (Å²) in [5, 5.41) is 0. The minimum Gasteiger partial charge on any atom is -0.103 e. The van der Waals surface area contributed by atoms with E-state index >= 15 is 0 Å². The first kappa shape index (κ1) is 9.70. The molecular weight excluding hydrogens is 136 g/mol. The molecule has 0 nitrogen and oxygen atoms in total. The first-order valence-corrected chi connectivity index (χ1v) is 7.02. The molecule has 0 heterocycles. The average molecular weight is 154 g/mol. The molecule has 0 unspecified atom stereocenters. The van der Waals surface area contributed by atoms with Gasteiger partial charge in [0.1, 0.15) is 0 Å². The van der Waals surface area contributed by atoms with E-state index in [-0.39, 0.29) is 0 Å². The molecule has 0 radical (unpaired) electrons. The van der Waals surface area contributed by atoms with E-state index in [1.807, 2.05) is 0 Å². The Balaban J connectivity index is 3.92. The van der Waals surface area contributed by atoms with E-state index < -0.39 is 8.07 Å². The summed E-state index contributed by atoms with van der Waals surface area (Å²) < 4.78 is 0. The van der Waals surface area contributed by atoms with Gasteiger partial charge in [0.15, 0.2) is 0 Å². The van der Waals surface area contributed by atoms with Gasteiger partial charge in [-0.15, -0.1) is 13.2 Å². The second kappa shape index (κ2) is 4.50. The molecule has 0 aliphatic heterocycles. The van der Waals surface area contributed by atoms with Gasteiger partial charge in [0.05, 0.1) is 8.07 Å². The quantitative estimate of drug-likeness (QED) is 0.420. The first-order chi connectivity index (χ1) is 4.68. The van der Waals surface area contributed by atoms with Crippen LogP contribution in [0.5, 0.6) is 0 Å². The molecule has 0 aromatic carbocycles. The number of hydrogen-bond donors (Lipinski definition) is 0. The zero-order valence-electron chi connectivity index (χ0n) is 7.19. The van der Waals surface area contributed by atoms with Gasteiger partial charge in [-0.2, -0.15) is 0 Å². The highest BCUT2D eigenvalue weighted by Gasteiger charge is 2.20. The standard InChI is InChI=1S/C9H18Si/c1-5-8-10(4,7-3)9-6-2/h5-6H,1-2,7-9H2,3-4H3. The summed E-state index contributed by atoms with van der Waals surface area (Å²) >= 11 is 0. The maximum Gasteiger partial charge on any atom is 0.0576 e. The van der Waals surface area contributed by atoms with Crippen molar-refractivity contribution in [3.8, 4) is 0 Å². The van der Waals surface area contributed by atoms with Crippen LogP contribution in [0.1, 0.15) is 6.92 Å². The Hall–Kier alpha value is -0.303. The summed E-state index contributed by atoms with van der Waals surface area (Å²) in [6, 6.07) is 3.80. The minimum absolute atomic E-state index is 0.959. The highest BCUT2D eigenvalue weighted by Crippen LogP contribution is 2.20. The van der Waals surface area contributed by atoms with Crippen LogP contribution >= 0.6 is 0 Å². The molecule has 0 atom stereocenters. The topological polar surface area (TPSA) is 0 Å². The van der Waals surface area contributed by atoms with Crippen molar-refractivity contribution in [3.63, 3.8) is 0 Å². The molecule has 0 rings (SSSR count). The minimum atomic E-state index is -0.959. The third-order valence-corrected chi connectivity index (χ3v) is 6.38. The second-order valence-corrected chi connectivity index (χ2v) is 8.29. The maximum atomic E-state index is 3.78. The average Bonchev–Trinajstić information content (AvgIpc) is 1.89. The lowest BCUT2D eigenvalue weighted by atomic mass is 10.7. The maximum absolute atomic E-state index is 3.78. The van der Waals surface area contributed by atoms with E-state index in [2.05, 4.69) is 38.8 Å². The summed E-state index contributed by atoms with van der Waals surface area (Å²) in [7, 11) is -0.959. The Morgan fingerprint density at radius 2 is 1.60 bits per heavy atom. The summed E-state index contributed by atoms with van der Waals surface area (Å²) in [5.41, 5.74) is 0. The van der Waals surface area contributed by atoms with Gasteiger partial charge in [-0.3, -0.25) is 0 Å². The molecule has 0 saturated heterocycles. The predicted octanol–water partition coefficient (Wildman–Crippen LogP) is 3.46. The van der Waals surface area contributed by atoms with Crippen LogP contribution in [0.25, 0.3) is 0 Å². The molecule has 0 spiro atoms. The molecule has 0 bridgehead atoms. The molecule has 0 aliphatic carbocycles. The molecule has 0 aromatic heterocycles. The van der Waals surface area contributed by atoms with Crippen molar-refractivity contribution in [1.82, 2.24) is 0 Å². The number of rotatable bonds is 5. The second-order valence-electron chi connectivity index (χ2n) is 3.15. The Morgan fingerprint density at radius 1 is 1.20 bits per heavy atom. The molecular formula is C9H18Si. The lowest BCUT2D eigenvalue weighted by Crippen LogP contribution is -2.26. The lowest BCUT2D eigenvalue weighted by Gasteiger charge is -2.21. The van der Waals surface area contributed by atoms with Gasteiger partial charge in [0, 0.05) is 0 Å². The van der Waals surface area contributed by atoms with Crippen LogP contribution in [0.3, 0.4) is 0 Å². The van der Waals surface area contributed by atoms with Gasteiger partial charge in [-0.1, -0.05) is 31.7 Å². The van der Waals surface area contributed by atoms with E-state index in [0.717, 1.165) is 0 Å². The molecule has 0 saturated carbocycles. The van der Waals surface area contributed by atoms with Gasteiger partial charge in [-0.05, 0) is 12.1 Å². The van der Waals surface area contributed by atoms with E-state index in [1.165, 1.54) is 18.1 Å². The third-order valence-electron chi connectivity index (χ3n) is 2.13. The molecule has 0 amide bonds. The molecule has 0 N–H and O–H groups in total. The Labute approximate surface area is 65.7 Å². The van der Waals surface area contributed by atoms with E-state index in [9.17, 15) is 0 Å². The van der Waals surface area contributed by atoms with Crippen LogP contribution in [0.15, 0.2) is 25.3 Å². The van der Waals surface area contributed by atoms with Crippen molar-refractivity contribution in [2.75, 3.05) is 0 Å². The molecule has 1 heteroatoms. The summed E-state index contributed by atoms with van der Waals surface area (Å²) in [5.74, 6) is 0. The fourth-order valence-corrected chi connectivity index (χ4v) is 3.21. The fourth-order valence-electron chi connectivity index (χ4n) is 1.07. The first-order valence-electron chi connectivity index (χ1n) is 3.90. The van der Waals surface area contributed by atoms with Crippen LogP contribution in [0.2, 0.25) is 24.7 Å². The van der Waals surface area contributed by atoms with Crippen molar-refractivity contribution in [3.05, 3.63) is 25.3 Å². The lowest BCUT2D eigenvalue weighted by molar-refractivity contribution is 1.27. The molecule has 10 heavy (non-hydrogen) atoms. The smallest absolute Gasteiger partial charge is 0.0576 e. The summed E-state index contributed by atoms with van der Waals surface area (Å²) in [6.45, 7) is 12.2. The van der Waals surface area contributed by atoms with E-state index in [0.29, 0.717) is 0 Å². The Bertz CT molecular complexity index is 106. The van der Waals surface area contributed by atoms with Gasteiger partial charge in [0.2, 0.25) is 0 Å². The zero-order chi connectivity index (χ0) is 8.04. The number of allylic oxidation sites excluding steroid dienone is 2. The van der Waals surface area contributed by atoms with Crippen LogP contribution in [-0.2, 0) is 0 Å². The van der Waals surface area contributed by atoms with Crippen LogP contribution in [-0.4, -0.2) is 8.07 Å². The van der Waals surface area contributed by atoms with Gasteiger partial charge >= 0.3 is 0 Å². The molecule has 0 fully saturated rings. The fraction of sp³-hybridized carbons (Fsp3) is 0.556. The van der Waals surface area contributed by atoms with Gasteiger partial charge < -0.3 is 0 Å². The zero-order valence-corrected chi connectivity index (χ0v) is 8.19. The van der Waals surface area contributed by atoms with Crippen molar-refractivity contribution in [1.29, 1.82) is 0 Å². The largest absolute Gasteiger partial charge is 0.103 e. The normalized spacial score (nSPS) is 11.0. The van der Waals surface area contributed by atoms with Gasteiger partial charge in [0.25, 0.3) is 0 Å². The predicted molar refractivity (Wildman–Crippen MR) is 52.1 cm³/mol. The Morgan fingerprint density at radius 3 is 1.80 bits per heavy atom. The van der Waals surface area contributed by atoms with Crippen LogP contribution < -0.4 is 0 Å². The van der Waals surface area contributed by atoms with Gasteiger partial charge in [-0.25, -0.2) is 0 Å². The van der Waals surface area contributed by atoms with Crippen molar-refractivity contribution < 1.29 is 0 Å². The van der Waals surface area contributed by atoms with Crippen molar-refractivity contribution in [2.24, 2.45) is 0 Å². The molecule has 0 aliphatic rings. The van der Waals surface area contributed by atoms with E-state index in [4.69, 9.17) is 0 Å². The third kappa shape index (κ3) is 3.02. The van der Waals surface area contributed by atoms with Crippen LogP contribution in [0.4, 0.5) is 0 Å². The summed E-state index contributed by atoms with van der Waals surface area (Å²) in [4.78, 5) is 0. The number of hydrogen-bond acceptors (Lipinski definition) is 0. The van der Waals surface area contributed by atoms with E-state index in [1.54, 1.807) is 0 Å². The SMILES string of the molecule is C=CC[Si](C)(CC)CC=C. The van der Waals surface area contributed by atoms with Crippen molar-refractivity contribution >= 4 is 8.07 Å². The molecule has 0 aromatic rings. The Kier molecular flexibility index (Phi) is 4.37. The van der Waals surface area contributed by atoms with Crippen molar-refractivity contribution in [2.45, 2.75) is 31.6 Å². The summed E-state index contributed by atoms with van der Waals surface area (Å²) in [6.07, 6.45) is 4.11.